The Morgan fingerprint density at radius 2 is 1.85 bits per heavy atom. The molecule has 4 aromatic heterocycles. The molecule has 1 aliphatic heterocycles. The number of carbonyl (C=O) groups is 2. The van der Waals surface area contributed by atoms with Gasteiger partial charge in [0.25, 0.3) is 12.9 Å². The number of aromatic amines is 1. The van der Waals surface area contributed by atoms with Crippen molar-refractivity contribution in [3.63, 3.8) is 0 Å². The van der Waals surface area contributed by atoms with Gasteiger partial charge in [-0.15, -0.1) is 0 Å². The lowest BCUT2D eigenvalue weighted by Crippen LogP contribution is -2.34. The maximum Gasteiger partial charge on any atom is 0.290 e. The number of ether oxygens (including phenoxy) is 1. The van der Waals surface area contributed by atoms with Crippen molar-refractivity contribution in [1.29, 1.82) is 0 Å². The third kappa shape index (κ3) is 5.90. The Morgan fingerprint density at radius 3 is 2.58 bits per heavy atom. The molecule has 5 heterocycles. The van der Waals surface area contributed by atoms with E-state index in [0.717, 1.165) is 59.3 Å². The molecule has 0 aromatic carbocycles. The molecule has 11 nitrogen and oxygen atoms in total. The van der Waals surface area contributed by atoms with Gasteiger partial charge in [0.15, 0.2) is 0 Å². The van der Waals surface area contributed by atoms with Crippen molar-refractivity contribution in [1.82, 2.24) is 29.7 Å². The molecular formula is C22H26N6O5. The molecule has 1 aliphatic rings. The van der Waals surface area contributed by atoms with Crippen LogP contribution in [-0.2, 0) is 20.9 Å². The van der Waals surface area contributed by atoms with Crippen molar-refractivity contribution < 1.29 is 24.5 Å². The van der Waals surface area contributed by atoms with E-state index in [-0.39, 0.29) is 12.9 Å². The van der Waals surface area contributed by atoms with Gasteiger partial charge < -0.3 is 24.8 Å². The Bertz CT molecular complexity index is 1180. The molecule has 0 unspecified atom stereocenters. The van der Waals surface area contributed by atoms with Gasteiger partial charge in [0, 0.05) is 42.1 Å². The molecule has 33 heavy (non-hydrogen) atoms. The van der Waals surface area contributed by atoms with Crippen LogP contribution in [0.2, 0.25) is 0 Å². The van der Waals surface area contributed by atoms with E-state index in [4.69, 9.17) is 24.5 Å². The van der Waals surface area contributed by atoms with Crippen LogP contribution in [0.3, 0.4) is 0 Å². The highest BCUT2D eigenvalue weighted by atomic mass is 16.5. The van der Waals surface area contributed by atoms with Crippen LogP contribution in [0.15, 0.2) is 42.9 Å². The highest BCUT2D eigenvalue weighted by Gasteiger charge is 2.18. The number of likely N-dealkylation sites (tertiary alicyclic amines) is 1. The van der Waals surface area contributed by atoms with E-state index >= 15 is 0 Å². The smallest absolute Gasteiger partial charge is 0.290 e. The number of H-pyrrole nitrogens is 1. The molecule has 4 aromatic rings. The van der Waals surface area contributed by atoms with Crippen molar-refractivity contribution in [2.24, 2.45) is 0 Å². The molecule has 5 rings (SSSR count). The van der Waals surface area contributed by atoms with E-state index in [1.807, 2.05) is 30.6 Å². The molecule has 1 saturated heterocycles. The lowest BCUT2D eigenvalue weighted by atomic mass is 10.1. The van der Waals surface area contributed by atoms with Gasteiger partial charge in [0.2, 0.25) is 0 Å². The van der Waals surface area contributed by atoms with E-state index in [0.29, 0.717) is 12.7 Å². The predicted molar refractivity (Wildman–Crippen MR) is 121 cm³/mol. The second-order valence-corrected chi connectivity index (χ2v) is 7.40. The van der Waals surface area contributed by atoms with Crippen molar-refractivity contribution in [2.45, 2.75) is 25.6 Å². The first-order valence-electron chi connectivity index (χ1n) is 10.3. The van der Waals surface area contributed by atoms with E-state index < -0.39 is 0 Å². The summed E-state index contributed by atoms with van der Waals surface area (Å²) in [6.07, 6.45) is 7.95. The zero-order chi connectivity index (χ0) is 23.6. The Labute approximate surface area is 189 Å². The summed E-state index contributed by atoms with van der Waals surface area (Å²) >= 11 is 0. The van der Waals surface area contributed by atoms with Crippen LogP contribution in [-0.4, -0.2) is 79.1 Å². The van der Waals surface area contributed by atoms with Crippen LogP contribution in [0.1, 0.15) is 18.5 Å². The molecular weight excluding hydrogens is 428 g/mol. The van der Waals surface area contributed by atoms with E-state index in [2.05, 4.69) is 38.2 Å². The van der Waals surface area contributed by atoms with Crippen LogP contribution < -0.4 is 0 Å². The minimum atomic E-state index is -0.250. The largest absolute Gasteiger partial charge is 0.483 e. The number of pyridine rings is 1. The number of piperidine rings is 1. The fourth-order valence-corrected chi connectivity index (χ4v) is 3.79. The maximum absolute atomic E-state index is 8.36. The zero-order valence-corrected chi connectivity index (χ0v) is 18.2. The van der Waals surface area contributed by atoms with Gasteiger partial charge in [-0.25, -0.2) is 4.98 Å². The first kappa shape index (κ1) is 23.8. The van der Waals surface area contributed by atoms with Gasteiger partial charge in [0.1, 0.15) is 5.65 Å². The molecule has 1 fully saturated rings. The third-order valence-corrected chi connectivity index (χ3v) is 5.32. The van der Waals surface area contributed by atoms with Crippen molar-refractivity contribution in [2.75, 3.05) is 20.1 Å². The van der Waals surface area contributed by atoms with Crippen LogP contribution in [0.25, 0.3) is 27.7 Å². The molecule has 174 valence electrons. The van der Waals surface area contributed by atoms with Gasteiger partial charge in [0.05, 0.1) is 24.4 Å². The molecule has 0 atom stereocenters. The lowest BCUT2D eigenvalue weighted by Gasteiger charge is -2.28. The molecule has 0 bridgehead atoms. The Balaban J connectivity index is 0.000000464. The zero-order valence-electron chi connectivity index (χ0n) is 18.2. The number of carboxylic acid groups (broad SMARTS) is 2. The SMILES string of the molecule is CN1CCC(OCc2cc3c(-c4cnn5ncccc45)ccnc3[nH]2)CC1.O=CO.O=CO. The topological polar surface area (TPSA) is 146 Å². The van der Waals surface area contributed by atoms with Crippen molar-refractivity contribution in [3.05, 3.63) is 48.5 Å². The Kier molecular flexibility index (Phi) is 8.44. The lowest BCUT2D eigenvalue weighted by molar-refractivity contribution is -0.123. The summed E-state index contributed by atoms with van der Waals surface area (Å²) in [7, 11) is 2.16. The second-order valence-electron chi connectivity index (χ2n) is 7.40. The van der Waals surface area contributed by atoms with Crippen molar-refractivity contribution in [3.8, 4) is 11.1 Å². The highest BCUT2D eigenvalue weighted by Crippen LogP contribution is 2.31. The summed E-state index contributed by atoms with van der Waals surface area (Å²) in [6.45, 7) is 2.29. The standard InChI is InChI=1S/C20H22N6O.2CH2O2/c1-25-9-5-15(6-10-25)27-13-14-11-17-16(4-8-21-20(17)24-14)18-12-23-26-19(18)3-2-7-22-26;2*2-1-3/h2-4,7-8,11-12,15H,5-6,9-10,13H2,1H3,(H,21,24);2*1H,(H,2,3). The first-order valence-corrected chi connectivity index (χ1v) is 10.3. The van der Waals surface area contributed by atoms with Crippen LogP contribution in [0.5, 0.6) is 0 Å². The average molecular weight is 454 g/mol. The molecule has 11 heteroatoms. The predicted octanol–water partition coefficient (Wildman–Crippen LogP) is 2.28. The maximum atomic E-state index is 8.36. The Hall–Kier alpha value is -3.83. The average Bonchev–Trinajstić information content (AvgIpc) is 3.44. The molecule has 0 saturated carbocycles. The van der Waals surface area contributed by atoms with Gasteiger partial charge in [-0.05, 0) is 49.7 Å². The van der Waals surface area contributed by atoms with Gasteiger partial charge >= 0.3 is 0 Å². The summed E-state index contributed by atoms with van der Waals surface area (Å²) in [4.78, 5) is 27.0. The normalized spacial score (nSPS) is 14.2. The second kappa shape index (κ2) is 11.7. The first-order chi connectivity index (χ1) is 16.1. The van der Waals surface area contributed by atoms with Crippen molar-refractivity contribution >= 4 is 29.5 Å². The monoisotopic (exact) mass is 454 g/mol. The summed E-state index contributed by atoms with van der Waals surface area (Å²) in [6, 6.07) is 8.13. The van der Waals surface area contributed by atoms with Gasteiger partial charge in [-0.3, -0.25) is 9.59 Å². The highest BCUT2D eigenvalue weighted by molar-refractivity contribution is 5.97. The molecule has 0 spiro atoms. The fourth-order valence-electron chi connectivity index (χ4n) is 3.79. The number of aromatic nitrogens is 5. The van der Waals surface area contributed by atoms with Gasteiger partial charge in [-0.2, -0.15) is 14.8 Å². The number of hydrogen-bond donors (Lipinski definition) is 3. The van der Waals surface area contributed by atoms with Crippen LogP contribution in [0, 0.1) is 0 Å². The number of hydrogen-bond acceptors (Lipinski definition) is 7. The molecule has 3 N–H and O–H groups in total. The molecule has 0 aliphatic carbocycles. The van der Waals surface area contributed by atoms with E-state index in [1.54, 1.807) is 10.8 Å². The summed E-state index contributed by atoms with van der Waals surface area (Å²) in [5, 5.41) is 23.5. The summed E-state index contributed by atoms with van der Waals surface area (Å²) in [5.74, 6) is 0. The van der Waals surface area contributed by atoms with Crippen LogP contribution in [0.4, 0.5) is 0 Å². The number of nitrogens with one attached hydrogen (secondary N) is 1. The summed E-state index contributed by atoms with van der Waals surface area (Å²) < 4.78 is 7.79. The van der Waals surface area contributed by atoms with E-state index in [1.165, 1.54) is 0 Å². The fraction of sp³-hybridized carbons (Fsp3) is 0.318. The number of fused-ring (bicyclic) bond motifs is 2. The molecule has 0 amide bonds. The number of nitrogens with zero attached hydrogens (tertiary/aromatic N) is 5. The van der Waals surface area contributed by atoms with Crippen LogP contribution >= 0.6 is 0 Å². The molecule has 0 radical (unpaired) electrons. The summed E-state index contributed by atoms with van der Waals surface area (Å²) in [5.41, 5.74) is 5.06. The van der Waals surface area contributed by atoms with E-state index in [9.17, 15) is 0 Å². The third-order valence-electron chi connectivity index (χ3n) is 5.32. The minimum Gasteiger partial charge on any atom is -0.483 e. The quantitative estimate of drug-likeness (QED) is 0.395. The minimum absolute atomic E-state index is 0.250. The van der Waals surface area contributed by atoms with Gasteiger partial charge in [-0.1, -0.05) is 0 Å². The number of rotatable bonds is 4. The Morgan fingerprint density at radius 1 is 1.12 bits per heavy atom.